The lowest BCUT2D eigenvalue weighted by molar-refractivity contribution is -0.134. The maximum atomic E-state index is 12.1. The van der Waals surface area contributed by atoms with Crippen molar-refractivity contribution in [2.45, 2.75) is 39.5 Å². The molecule has 0 spiro atoms. The molecule has 1 fully saturated rings. The van der Waals surface area contributed by atoms with Gasteiger partial charge in [0, 0.05) is 26.4 Å². The minimum absolute atomic E-state index is 0.141. The summed E-state index contributed by atoms with van der Waals surface area (Å²) in [5.41, 5.74) is -0.260. The molecule has 0 aromatic carbocycles. The number of nitrogens with one attached hydrogen (secondary N) is 3. The topological polar surface area (TPSA) is 133 Å². The van der Waals surface area contributed by atoms with E-state index in [9.17, 15) is 4.79 Å². The van der Waals surface area contributed by atoms with Crippen molar-refractivity contribution in [3.05, 3.63) is 5.82 Å². The molecule has 1 amide bonds. The summed E-state index contributed by atoms with van der Waals surface area (Å²) in [7, 11) is 0. The highest BCUT2D eigenvalue weighted by atomic mass is 16.4. The van der Waals surface area contributed by atoms with E-state index in [1.807, 2.05) is 6.92 Å². The molecule has 1 atom stereocenters. The van der Waals surface area contributed by atoms with Crippen molar-refractivity contribution in [3.63, 3.8) is 0 Å². The van der Waals surface area contributed by atoms with Gasteiger partial charge in [0.15, 0.2) is 5.82 Å². The fourth-order valence-corrected chi connectivity index (χ4v) is 2.20. The Morgan fingerprint density at radius 1 is 1.45 bits per heavy atom. The van der Waals surface area contributed by atoms with Crippen molar-refractivity contribution in [1.29, 1.82) is 0 Å². The van der Waals surface area contributed by atoms with E-state index in [1.165, 1.54) is 0 Å². The van der Waals surface area contributed by atoms with Gasteiger partial charge in [-0.3, -0.25) is 9.59 Å². The third-order valence-corrected chi connectivity index (χ3v) is 3.40. The lowest BCUT2D eigenvalue weighted by atomic mass is 9.82. The van der Waals surface area contributed by atoms with E-state index in [1.54, 1.807) is 0 Å². The predicted octanol–water partition coefficient (Wildman–Crippen LogP) is -0.271. The van der Waals surface area contributed by atoms with Crippen LogP contribution in [0.15, 0.2) is 0 Å². The minimum Gasteiger partial charge on any atom is -0.481 e. The summed E-state index contributed by atoms with van der Waals surface area (Å²) in [5.74, 6) is -0.00222. The standard InChI is InChI=1S/C11H20N6O.C2H4O2/c1-11(5-3-6-12-8-11)10(18)13-7-2-4-9-14-16-17-15-9;1-2(3)4/h12H,2-8H2,1H3,(H,13,18)(H,14,15,16,17);1H3,(H,3,4). The van der Waals surface area contributed by atoms with Crippen molar-refractivity contribution in [3.8, 4) is 0 Å². The second-order valence-corrected chi connectivity index (χ2v) is 5.55. The van der Waals surface area contributed by atoms with Crippen LogP contribution in [0.5, 0.6) is 0 Å². The zero-order valence-electron chi connectivity index (χ0n) is 13.1. The van der Waals surface area contributed by atoms with E-state index in [-0.39, 0.29) is 11.3 Å². The summed E-state index contributed by atoms with van der Waals surface area (Å²) < 4.78 is 0. The second-order valence-electron chi connectivity index (χ2n) is 5.55. The molecule has 1 aromatic rings. The molecule has 9 nitrogen and oxygen atoms in total. The van der Waals surface area contributed by atoms with E-state index in [0.29, 0.717) is 12.4 Å². The van der Waals surface area contributed by atoms with Crippen LogP contribution in [0.3, 0.4) is 0 Å². The summed E-state index contributed by atoms with van der Waals surface area (Å²) >= 11 is 0. The highest BCUT2D eigenvalue weighted by Crippen LogP contribution is 2.25. The largest absolute Gasteiger partial charge is 0.481 e. The monoisotopic (exact) mass is 312 g/mol. The Morgan fingerprint density at radius 2 is 2.18 bits per heavy atom. The van der Waals surface area contributed by atoms with Crippen LogP contribution in [0.4, 0.5) is 0 Å². The van der Waals surface area contributed by atoms with Crippen LogP contribution >= 0.6 is 0 Å². The lowest BCUT2D eigenvalue weighted by Gasteiger charge is -2.32. The van der Waals surface area contributed by atoms with E-state index in [0.717, 1.165) is 45.7 Å². The molecule has 4 N–H and O–H groups in total. The Hall–Kier alpha value is -2.03. The predicted molar refractivity (Wildman–Crippen MR) is 79.0 cm³/mol. The Balaban J connectivity index is 0.000000541. The number of tetrazole rings is 1. The first-order valence-corrected chi connectivity index (χ1v) is 7.35. The Morgan fingerprint density at radius 3 is 2.73 bits per heavy atom. The average Bonchev–Trinajstić information content (AvgIpc) is 2.97. The highest BCUT2D eigenvalue weighted by molar-refractivity contribution is 5.82. The number of hydrogen-bond donors (Lipinski definition) is 4. The number of aromatic amines is 1. The van der Waals surface area contributed by atoms with Crippen molar-refractivity contribution >= 4 is 11.9 Å². The van der Waals surface area contributed by atoms with Gasteiger partial charge < -0.3 is 15.7 Å². The molecular formula is C13H24N6O3. The smallest absolute Gasteiger partial charge is 0.300 e. The van der Waals surface area contributed by atoms with Gasteiger partial charge in [0.2, 0.25) is 5.91 Å². The number of nitrogens with zero attached hydrogens (tertiary/aromatic N) is 3. The molecule has 2 heterocycles. The van der Waals surface area contributed by atoms with Gasteiger partial charge in [0.05, 0.1) is 5.41 Å². The zero-order valence-corrected chi connectivity index (χ0v) is 13.1. The number of carboxylic acids is 1. The maximum absolute atomic E-state index is 12.1. The molecule has 1 aromatic heterocycles. The zero-order chi connectivity index (χ0) is 16.4. The first kappa shape index (κ1) is 18.0. The molecular weight excluding hydrogens is 288 g/mol. The Bertz CT molecular complexity index is 452. The Labute approximate surface area is 129 Å². The molecule has 1 saturated heterocycles. The number of aryl methyl sites for hydroxylation is 1. The summed E-state index contributed by atoms with van der Waals surface area (Å²) in [6.07, 6.45) is 3.57. The quantitative estimate of drug-likeness (QED) is 0.550. The van der Waals surface area contributed by atoms with Crippen LogP contribution in [0.25, 0.3) is 0 Å². The third kappa shape index (κ3) is 6.61. The molecule has 124 valence electrons. The maximum Gasteiger partial charge on any atom is 0.300 e. The number of hydrogen-bond acceptors (Lipinski definition) is 6. The van der Waals surface area contributed by atoms with Crippen LogP contribution in [-0.2, 0) is 16.0 Å². The normalized spacial score (nSPS) is 20.6. The molecule has 1 aliphatic rings. The number of amides is 1. The Kier molecular flexibility index (Phi) is 7.44. The van der Waals surface area contributed by atoms with E-state index in [2.05, 4.69) is 31.3 Å². The van der Waals surface area contributed by atoms with Gasteiger partial charge in [0.1, 0.15) is 0 Å². The number of carboxylic acid groups (broad SMARTS) is 1. The first-order chi connectivity index (χ1) is 10.4. The van der Waals surface area contributed by atoms with Crippen molar-refractivity contribution in [2.24, 2.45) is 5.41 Å². The SMILES string of the molecule is CC(=O)O.CC1(C(=O)NCCCc2nn[nH]n2)CCCNC1. The van der Waals surface area contributed by atoms with Crippen LogP contribution < -0.4 is 10.6 Å². The number of carbonyl (C=O) groups is 2. The van der Waals surface area contributed by atoms with E-state index >= 15 is 0 Å². The first-order valence-electron chi connectivity index (χ1n) is 7.35. The van der Waals surface area contributed by atoms with E-state index < -0.39 is 5.97 Å². The van der Waals surface area contributed by atoms with Crippen LogP contribution in [0, 0.1) is 5.41 Å². The summed E-state index contributed by atoms with van der Waals surface area (Å²) in [6.45, 7) is 5.54. The molecule has 1 aliphatic heterocycles. The van der Waals surface area contributed by atoms with Gasteiger partial charge in [-0.1, -0.05) is 5.21 Å². The fourth-order valence-electron chi connectivity index (χ4n) is 2.20. The van der Waals surface area contributed by atoms with Gasteiger partial charge in [-0.25, -0.2) is 0 Å². The summed E-state index contributed by atoms with van der Waals surface area (Å²) in [6, 6.07) is 0. The second kappa shape index (κ2) is 9.08. The van der Waals surface area contributed by atoms with Crippen LogP contribution in [0.1, 0.15) is 38.9 Å². The van der Waals surface area contributed by atoms with Gasteiger partial charge in [-0.05, 0) is 32.7 Å². The molecule has 0 radical (unpaired) electrons. The molecule has 9 heteroatoms. The van der Waals surface area contributed by atoms with Gasteiger partial charge in [-0.2, -0.15) is 5.21 Å². The number of rotatable bonds is 5. The highest BCUT2D eigenvalue weighted by Gasteiger charge is 2.34. The molecule has 1 unspecified atom stereocenters. The molecule has 2 rings (SSSR count). The number of H-pyrrole nitrogens is 1. The van der Waals surface area contributed by atoms with Gasteiger partial charge in [-0.15, -0.1) is 10.2 Å². The minimum atomic E-state index is -0.833. The average molecular weight is 312 g/mol. The lowest BCUT2D eigenvalue weighted by Crippen LogP contribution is -2.48. The number of aliphatic carboxylic acids is 1. The van der Waals surface area contributed by atoms with Crippen LogP contribution in [-0.4, -0.2) is 57.2 Å². The van der Waals surface area contributed by atoms with Gasteiger partial charge >= 0.3 is 0 Å². The summed E-state index contributed by atoms with van der Waals surface area (Å²) in [5, 5.41) is 27.3. The third-order valence-electron chi connectivity index (χ3n) is 3.40. The summed E-state index contributed by atoms with van der Waals surface area (Å²) in [4.78, 5) is 21.1. The van der Waals surface area contributed by atoms with Crippen LogP contribution in [0.2, 0.25) is 0 Å². The number of aromatic nitrogens is 4. The van der Waals surface area contributed by atoms with Crippen molar-refractivity contribution < 1.29 is 14.7 Å². The van der Waals surface area contributed by atoms with Gasteiger partial charge in [0.25, 0.3) is 5.97 Å². The fraction of sp³-hybridized carbons (Fsp3) is 0.769. The number of piperidine rings is 1. The molecule has 0 saturated carbocycles. The number of carbonyl (C=O) groups excluding carboxylic acids is 1. The molecule has 22 heavy (non-hydrogen) atoms. The van der Waals surface area contributed by atoms with Crippen molar-refractivity contribution in [2.75, 3.05) is 19.6 Å². The van der Waals surface area contributed by atoms with Crippen molar-refractivity contribution in [1.82, 2.24) is 31.3 Å². The molecule has 0 aliphatic carbocycles. The molecule has 0 bridgehead atoms. The van der Waals surface area contributed by atoms with E-state index in [4.69, 9.17) is 9.90 Å².